The summed E-state index contributed by atoms with van der Waals surface area (Å²) in [6.07, 6.45) is 3.53. The van der Waals surface area contributed by atoms with Crippen LogP contribution in [0, 0.1) is 5.92 Å². The molecule has 2 aliphatic heterocycles. The van der Waals surface area contributed by atoms with Gasteiger partial charge >= 0.3 is 0 Å². The molecule has 2 heterocycles. The van der Waals surface area contributed by atoms with E-state index < -0.39 is 0 Å². The van der Waals surface area contributed by atoms with Crippen LogP contribution in [-0.4, -0.2) is 72.9 Å². The number of carbonyl (C=O) groups is 2. The summed E-state index contributed by atoms with van der Waals surface area (Å²) in [4.78, 5) is 32.0. The number of hydrogen-bond acceptors (Lipinski definition) is 5. The van der Waals surface area contributed by atoms with Gasteiger partial charge in [0.25, 0.3) is 11.8 Å². The Morgan fingerprint density at radius 1 is 1.17 bits per heavy atom. The predicted molar refractivity (Wildman–Crippen MR) is 119 cm³/mol. The molecule has 0 aliphatic carbocycles. The lowest BCUT2D eigenvalue weighted by Gasteiger charge is -2.36. The van der Waals surface area contributed by atoms with Crippen LogP contribution in [0.4, 0.5) is 0 Å². The fourth-order valence-corrected chi connectivity index (χ4v) is 3.99. The summed E-state index contributed by atoms with van der Waals surface area (Å²) in [5, 5.41) is 0. The first-order chi connectivity index (χ1) is 14.3. The summed E-state index contributed by atoms with van der Waals surface area (Å²) >= 11 is 0. The van der Waals surface area contributed by atoms with E-state index in [1.165, 1.54) is 4.90 Å². The van der Waals surface area contributed by atoms with E-state index in [1.807, 2.05) is 36.2 Å². The lowest BCUT2D eigenvalue weighted by molar-refractivity contribution is -0.137. The second-order valence-corrected chi connectivity index (χ2v) is 8.61. The third-order valence-corrected chi connectivity index (χ3v) is 5.77. The Bertz CT molecular complexity index is 821. The molecule has 1 saturated heterocycles. The lowest BCUT2D eigenvalue weighted by atomic mass is 10.00. The van der Waals surface area contributed by atoms with Gasteiger partial charge in [-0.25, -0.2) is 0 Å². The molecular formula is C24H33N3O3. The van der Waals surface area contributed by atoms with E-state index >= 15 is 0 Å². The van der Waals surface area contributed by atoms with Crippen molar-refractivity contribution in [3.8, 4) is 5.75 Å². The molecule has 0 radical (unpaired) electrons. The molecule has 162 valence electrons. The topological polar surface area (TPSA) is 53.1 Å². The average Bonchev–Trinajstić information content (AvgIpc) is 2.97. The Balaban J connectivity index is 1.93. The van der Waals surface area contributed by atoms with Gasteiger partial charge in [-0.05, 0) is 56.6 Å². The van der Waals surface area contributed by atoms with Crippen LogP contribution in [-0.2, 0) is 9.59 Å². The number of benzene rings is 1. The molecule has 2 amide bonds. The van der Waals surface area contributed by atoms with Crippen LogP contribution in [0.25, 0.3) is 5.57 Å². The molecule has 6 heteroatoms. The lowest BCUT2D eigenvalue weighted by Crippen LogP contribution is -2.43. The first kappa shape index (κ1) is 22.1. The highest BCUT2D eigenvalue weighted by Gasteiger charge is 2.41. The number of imide groups is 1. The van der Waals surface area contributed by atoms with Crippen LogP contribution in [0.2, 0.25) is 0 Å². The molecule has 0 saturated carbocycles. The van der Waals surface area contributed by atoms with Crippen LogP contribution in [0.3, 0.4) is 0 Å². The van der Waals surface area contributed by atoms with Gasteiger partial charge in [0, 0.05) is 19.6 Å². The SMILES string of the molecule is C=CCN1C(=O)C(c2ccc(OCC(C)C)cc2)=C(N(C)C2CCN(C)CC2)C1=O. The summed E-state index contributed by atoms with van der Waals surface area (Å²) in [5.74, 6) is 0.698. The number of amides is 2. The van der Waals surface area contributed by atoms with Gasteiger partial charge in [-0.3, -0.25) is 14.5 Å². The number of rotatable bonds is 8. The van der Waals surface area contributed by atoms with E-state index in [9.17, 15) is 9.59 Å². The van der Waals surface area contributed by atoms with Gasteiger partial charge in [-0.15, -0.1) is 6.58 Å². The van der Waals surface area contributed by atoms with Gasteiger partial charge in [-0.1, -0.05) is 32.1 Å². The standard InChI is InChI=1S/C24H33N3O3/c1-6-13-27-23(28)21(18-7-9-20(10-8-18)30-16-17(2)3)22(24(27)29)26(5)19-11-14-25(4)15-12-19/h6-10,17,19H,1,11-16H2,2-5H3. The number of likely N-dealkylation sites (tertiary alicyclic amines) is 1. The maximum absolute atomic E-state index is 13.2. The Kier molecular flexibility index (Phi) is 6.98. The normalized spacial score (nSPS) is 18.5. The molecule has 1 aromatic carbocycles. The molecular weight excluding hydrogens is 378 g/mol. The molecule has 6 nitrogen and oxygen atoms in total. The second kappa shape index (κ2) is 9.47. The molecule has 0 N–H and O–H groups in total. The van der Waals surface area contributed by atoms with Gasteiger partial charge in [0.1, 0.15) is 11.4 Å². The fraction of sp³-hybridized carbons (Fsp3) is 0.500. The minimum absolute atomic E-state index is 0.210. The first-order valence-corrected chi connectivity index (χ1v) is 10.7. The minimum Gasteiger partial charge on any atom is -0.493 e. The van der Waals surface area contributed by atoms with Crippen LogP contribution < -0.4 is 4.74 Å². The zero-order valence-electron chi connectivity index (χ0n) is 18.6. The van der Waals surface area contributed by atoms with Crippen molar-refractivity contribution in [2.75, 3.05) is 40.3 Å². The number of nitrogens with zero attached hydrogens (tertiary/aromatic N) is 3. The molecule has 3 rings (SSSR count). The third kappa shape index (κ3) is 4.59. The van der Waals surface area contributed by atoms with E-state index in [2.05, 4.69) is 32.4 Å². The number of carbonyl (C=O) groups excluding carboxylic acids is 2. The molecule has 30 heavy (non-hydrogen) atoms. The van der Waals surface area contributed by atoms with Crippen molar-refractivity contribution in [2.45, 2.75) is 32.7 Å². The highest BCUT2D eigenvalue weighted by molar-refractivity contribution is 6.35. The van der Waals surface area contributed by atoms with Crippen molar-refractivity contribution in [3.63, 3.8) is 0 Å². The summed E-state index contributed by atoms with van der Waals surface area (Å²) < 4.78 is 5.77. The van der Waals surface area contributed by atoms with Gasteiger partial charge < -0.3 is 14.5 Å². The molecule has 0 bridgehead atoms. The van der Waals surface area contributed by atoms with Gasteiger partial charge in [0.2, 0.25) is 0 Å². The maximum Gasteiger partial charge on any atom is 0.278 e. The van der Waals surface area contributed by atoms with E-state index in [4.69, 9.17) is 4.74 Å². The van der Waals surface area contributed by atoms with Crippen LogP contribution in [0.5, 0.6) is 5.75 Å². The van der Waals surface area contributed by atoms with E-state index in [0.29, 0.717) is 23.8 Å². The average molecular weight is 412 g/mol. The van der Waals surface area contributed by atoms with Crippen molar-refractivity contribution < 1.29 is 14.3 Å². The molecule has 1 aromatic rings. The van der Waals surface area contributed by atoms with Crippen molar-refractivity contribution >= 4 is 17.4 Å². The van der Waals surface area contributed by atoms with Crippen LogP contribution in [0.15, 0.2) is 42.6 Å². The summed E-state index contributed by atoms with van der Waals surface area (Å²) in [5.41, 5.74) is 1.71. The smallest absolute Gasteiger partial charge is 0.278 e. The van der Waals surface area contributed by atoms with Crippen molar-refractivity contribution in [2.24, 2.45) is 5.92 Å². The molecule has 0 spiro atoms. The third-order valence-electron chi connectivity index (χ3n) is 5.77. The molecule has 2 aliphatic rings. The molecule has 0 aromatic heterocycles. The highest BCUT2D eigenvalue weighted by atomic mass is 16.5. The van der Waals surface area contributed by atoms with Crippen molar-refractivity contribution in [1.29, 1.82) is 0 Å². The van der Waals surface area contributed by atoms with Gasteiger partial charge in [0.15, 0.2) is 0 Å². The monoisotopic (exact) mass is 411 g/mol. The summed E-state index contributed by atoms with van der Waals surface area (Å²) in [7, 11) is 4.05. The Labute approximate surface area is 179 Å². The zero-order chi connectivity index (χ0) is 21.8. The highest BCUT2D eigenvalue weighted by Crippen LogP contribution is 2.34. The molecule has 1 fully saturated rings. The van der Waals surface area contributed by atoms with Crippen LogP contribution >= 0.6 is 0 Å². The Morgan fingerprint density at radius 3 is 2.37 bits per heavy atom. The van der Waals surface area contributed by atoms with E-state index in [-0.39, 0.29) is 24.4 Å². The van der Waals surface area contributed by atoms with Gasteiger partial charge in [0.05, 0.1) is 12.2 Å². The number of ether oxygens (including phenoxy) is 1. The molecule has 0 unspecified atom stereocenters. The van der Waals surface area contributed by atoms with Crippen LogP contribution in [0.1, 0.15) is 32.3 Å². The minimum atomic E-state index is -0.259. The maximum atomic E-state index is 13.2. The number of hydrogen-bond donors (Lipinski definition) is 0. The summed E-state index contributed by atoms with van der Waals surface area (Å²) in [6, 6.07) is 7.71. The fourth-order valence-electron chi connectivity index (χ4n) is 3.99. The quantitative estimate of drug-likeness (QED) is 0.486. The van der Waals surface area contributed by atoms with Gasteiger partial charge in [-0.2, -0.15) is 0 Å². The Hall–Kier alpha value is -2.60. The Morgan fingerprint density at radius 2 is 1.80 bits per heavy atom. The zero-order valence-corrected chi connectivity index (χ0v) is 18.6. The largest absolute Gasteiger partial charge is 0.493 e. The second-order valence-electron chi connectivity index (χ2n) is 8.61. The van der Waals surface area contributed by atoms with Crippen molar-refractivity contribution in [3.05, 3.63) is 48.2 Å². The van der Waals surface area contributed by atoms with E-state index in [1.54, 1.807) is 6.08 Å². The summed E-state index contributed by atoms with van der Waals surface area (Å²) in [6.45, 7) is 10.7. The van der Waals surface area contributed by atoms with Crippen molar-refractivity contribution in [1.82, 2.24) is 14.7 Å². The van der Waals surface area contributed by atoms with E-state index in [0.717, 1.165) is 37.2 Å². The number of likely N-dealkylation sites (N-methyl/N-ethyl adjacent to an activating group) is 1. The first-order valence-electron chi connectivity index (χ1n) is 10.7. The number of piperidine rings is 1. The molecule has 0 atom stereocenters. The predicted octanol–water partition coefficient (Wildman–Crippen LogP) is 3.01.